The summed E-state index contributed by atoms with van der Waals surface area (Å²) in [7, 11) is 0. The largest absolute Gasteiger partial charge is 0.313 e. The first kappa shape index (κ1) is 14.2. The Kier molecular flexibility index (Phi) is 6.23. The molecule has 1 atom stereocenters. The lowest BCUT2D eigenvalue weighted by molar-refractivity contribution is 0.210. The van der Waals surface area contributed by atoms with Crippen molar-refractivity contribution in [3.05, 3.63) is 35.9 Å². The minimum atomic E-state index is 0.480. The molecule has 0 heterocycles. The van der Waals surface area contributed by atoms with Gasteiger partial charge < -0.3 is 5.32 Å². The quantitative estimate of drug-likeness (QED) is 0.780. The second-order valence-corrected chi connectivity index (χ2v) is 4.71. The summed E-state index contributed by atoms with van der Waals surface area (Å²) in [4.78, 5) is 2.50. The van der Waals surface area contributed by atoms with E-state index in [2.05, 4.69) is 68.2 Å². The van der Waals surface area contributed by atoms with Crippen molar-refractivity contribution in [3.63, 3.8) is 0 Å². The third kappa shape index (κ3) is 4.49. The Labute approximate surface area is 106 Å². The summed E-state index contributed by atoms with van der Waals surface area (Å²) >= 11 is 0. The lowest BCUT2D eigenvalue weighted by Crippen LogP contribution is -2.38. The number of nitrogens with zero attached hydrogens (tertiary/aromatic N) is 1. The second kappa shape index (κ2) is 7.46. The van der Waals surface area contributed by atoms with Crippen molar-refractivity contribution >= 4 is 0 Å². The second-order valence-electron chi connectivity index (χ2n) is 4.71. The predicted octanol–water partition coefficient (Wildman–Crippen LogP) is 3.07. The smallest absolute Gasteiger partial charge is 0.0472 e. The highest BCUT2D eigenvalue weighted by Gasteiger charge is 2.17. The van der Waals surface area contributed by atoms with E-state index in [0.29, 0.717) is 12.1 Å². The van der Waals surface area contributed by atoms with E-state index in [1.807, 2.05) is 0 Å². The summed E-state index contributed by atoms with van der Waals surface area (Å²) in [5.41, 5.74) is 1.41. The summed E-state index contributed by atoms with van der Waals surface area (Å²) in [6.07, 6.45) is 0. The number of likely N-dealkylation sites (N-methyl/N-ethyl adjacent to an activating group) is 1. The van der Waals surface area contributed by atoms with E-state index < -0.39 is 0 Å². The molecule has 0 aliphatic heterocycles. The van der Waals surface area contributed by atoms with Crippen molar-refractivity contribution in [1.82, 2.24) is 10.2 Å². The average molecular weight is 234 g/mol. The van der Waals surface area contributed by atoms with E-state index in [1.54, 1.807) is 0 Å². The molecule has 17 heavy (non-hydrogen) atoms. The monoisotopic (exact) mass is 234 g/mol. The van der Waals surface area contributed by atoms with Crippen LogP contribution in [0.3, 0.4) is 0 Å². The standard InChI is InChI=1S/C15H26N2/c1-5-17(6-2)15(12-16-13(3)4)14-10-8-7-9-11-14/h7-11,13,15-16H,5-6,12H2,1-4H3. The minimum Gasteiger partial charge on any atom is -0.313 e. The molecule has 1 unspecified atom stereocenters. The number of rotatable bonds is 7. The molecule has 0 spiro atoms. The molecular formula is C15H26N2. The van der Waals surface area contributed by atoms with E-state index in [1.165, 1.54) is 5.56 Å². The Morgan fingerprint density at radius 1 is 1.06 bits per heavy atom. The fraction of sp³-hybridized carbons (Fsp3) is 0.600. The Morgan fingerprint density at radius 2 is 1.65 bits per heavy atom. The van der Waals surface area contributed by atoms with Gasteiger partial charge in [-0.05, 0) is 18.7 Å². The van der Waals surface area contributed by atoms with E-state index in [-0.39, 0.29) is 0 Å². The van der Waals surface area contributed by atoms with E-state index in [9.17, 15) is 0 Å². The highest BCUT2D eigenvalue weighted by Crippen LogP contribution is 2.19. The van der Waals surface area contributed by atoms with Crippen molar-refractivity contribution in [2.24, 2.45) is 0 Å². The minimum absolute atomic E-state index is 0.480. The van der Waals surface area contributed by atoms with Gasteiger partial charge in [-0.2, -0.15) is 0 Å². The van der Waals surface area contributed by atoms with Crippen LogP contribution in [0.5, 0.6) is 0 Å². The lowest BCUT2D eigenvalue weighted by atomic mass is 10.0. The molecule has 2 heteroatoms. The number of hydrogen-bond acceptors (Lipinski definition) is 2. The summed E-state index contributed by atoms with van der Waals surface area (Å²) in [5.74, 6) is 0. The Morgan fingerprint density at radius 3 is 2.12 bits per heavy atom. The molecule has 0 amide bonds. The molecule has 96 valence electrons. The molecule has 0 bridgehead atoms. The molecule has 0 saturated heterocycles. The topological polar surface area (TPSA) is 15.3 Å². The molecule has 1 N–H and O–H groups in total. The van der Waals surface area contributed by atoms with E-state index >= 15 is 0 Å². The van der Waals surface area contributed by atoms with Crippen molar-refractivity contribution in [1.29, 1.82) is 0 Å². The van der Waals surface area contributed by atoms with Crippen LogP contribution in [0.25, 0.3) is 0 Å². The zero-order chi connectivity index (χ0) is 12.7. The normalized spacial score (nSPS) is 13.3. The molecule has 0 saturated carbocycles. The van der Waals surface area contributed by atoms with Crippen LogP contribution in [0.2, 0.25) is 0 Å². The third-order valence-electron chi connectivity index (χ3n) is 3.16. The van der Waals surface area contributed by atoms with Crippen LogP contribution >= 0.6 is 0 Å². The van der Waals surface area contributed by atoms with Crippen molar-refractivity contribution in [2.75, 3.05) is 19.6 Å². The van der Waals surface area contributed by atoms with Crippen LogP contribution in [-0.2, 0) is 0 Å². The summed E-state index contributed by atoms with van der Waals surface area (Å²) in [5, 5.41) is 3.55. The van der Waals surface area contributed by atoms with Crippen LogP contribution in [0.1, 0.15) is 39.3 Å². The van der Waals surface area contributed by atoms with E-state index in [0.717, 1.165) is 19.6 Å². The van der Waals surface area contributed by atoms with Gasteiger partial charge in [0.2, 0.25) is 0 Å². The van der Waals surface area contributed by atoms with Gasteiger partial charge in [0.15, 0.2) is 0 Å². The third-order valence-corrected chi connectivity index (χ3v) is 3.16. The van der Waals surface area contributed by atoms with Gasteiger partial charge in [-0.25, -0.2) is 0 Å². The Balaban J connectivity index is 2.78. The maximum atomic E-state index is 3.55. The maximum Gasteiger partial charge on any atom is 0.0472 e. The average Bonchev–Trinajstić information content (AvgIpc) is 2.35. The van der Waals surface area contributed by atoms with Crippen LogP contribution < -0.4 is 5.32 Å². The summed E-state index contributed by atoms with van der Waals surface area (Å²) < 4.78 is 0. The van der Waals surface area contributed by atoms with Crippen LogP contribution in [-0.4, -0.2) is 30.6 Å². The number of benzene rings is 1. The van der Waals surface area contributed by atoms with Gasteiger partial charge in [-0.15, -0.1) is 0 Å². The van der Waals surface area contributed by atoms with Crippen molar-refractivity contribution in [3.8, 4) is 0 Å². The van der Waals surface area contributed by atoms with Gasteiger partial charge in [0, 0.05) is 18.6 Å². The molecular weight excluding hydrogens is 208 g/mol. The first-order valence-electron chi connectivity index (χ1n) is 6.71. The SMILES string of the molecule is CCN(CC)C(CNC(C)C)c1ccccc1. The number of hydrogen-bond donors (Lipinski definition) is 1. The fourth-order valence-electron chi connectivity index (χ4n) is 2.14. The molecule has 0 radical (unpaired) electrons. The van der Waals surface area contributed by atoms with Gasteiger partial charge in [-0.1, -0.05) is 58.0 Å². The van der Waals surface area contributed by atoms with Crippen LogP contribution in [0, 0.1) is 0 Å². The summed E-state index contributed by atoms with van der Waals surface area (Å²) in [6, 6.07) is 11.8. The van der Waals surface area contributed by atoms with Gasteiger partial charge in [-0.3, -0.25) is 4.90 Å². The maximum absolute atomic E-state index is 3.55. The Hall–Kier alpha value is -0.860. The van der Waals surface area contributed by atoms with Crippen molar-refractivity contribution in [2.45, 2.75) is 39.8 Å². The number of nitrogens with one attached hydrogen (secondary N) is 1. The van der Waals surface area contributed by atoms with E-state index in [4.69, 9.17) is 0 Å². The van der Waals surface area contributed by atoms with Crippen LogP contribution in [0.15, 0.2) is 30.3 Å². The van der Waals surface area contributed by atoms with Crippen LogP contribution in [0.4, 0.5) is 0 Å². The summed E-state index contributed by atoms with van der Waals surface area (Å²) in [6.45, 7) is 12.1. The first-order chi connectivity index (χ1) is 8.19. The molecule has 0 fully saturated rings. The Bertz CT molecular complexity index is 291. The van der Waals surface area contributed by atoms with Gasteiger partial charge in [0.05, 0.1) is 0 Å². The van der Waals surface area contributed by atoms with Crippen molar-refractivity contribution < 1.29 is 0 Å². The highest BCUT2D eigenvalue weighted by molar-refractivity contribution is 5.19. The molecule has 1 aromatic carbocycles. The predicted molar refractivity (Wildman–Crippen MR) is 75.2 cm³/mol. The lowest BCUT2D eigenvalue weighted by Gasteiger charge is -2.31. The van der Waals surface area contributed by atoms with Gasteiger partial charge in [0.1, 0.15) is 0 Å². The fourth-order valence-corrected chi connectivity index (χ4v) is 2.14. The van der Waals surface area contributed by atoms with Gasteiger partial charge in [0.25, 0.3) is 0 Å². The molecule has 1 rings (SSSR count). The first-order valence-corrected chi connectivity index (χ1v) is 6.71. The molecule has 2 nitrogen and oxygen atoms in total. The molecule has 0 aliphatic carbocycles. The molecule has 0 aliphatic rings. The van der Waals surface area contributed by atoms with Gasteiger partial charge >= 0.3 is 0 Å². The molecule has 1 aromatic rings. The zero-order valence-electron chi connectivity index (χ0n) is 11.6. The zero-order valence-corrected chi connectivity index (χ0v) is 11.6. The molecule has 0 aromatic heterocycles. The highest BCUT2D eigenvalue weighted by atomic mass is 15.2.